The number of methoxy groups -OCH3 is 1. The monoisotopic (exact) mass is 242 g/mol. The van der Waals surface area contributed by atoms with Crippen molar-refractivity contribution in [2.24, 2.45) is 11.1 Å². The van der Waals surface area contributed by atoms with Crippen molar-refractivity contribution in [3.05, 3.63) is 0 Å². The molecule has 1 heterocycles. The van der Waals surface area contributed by atoms with E-state index in [9.17, 15) is 0 Å². The maximum absolute atomic E-state index is 5.99. The van der Waals surface area contributed by atoms with E-state index < -0.39 is 0 Å². The van der Waals surface area contributed by atoms with Gasteiger partial charge in [-0.15, -0.1) is 0 Å². The lowest BCUT2D eigenvalue weighted by atomic mass is 9.76. The molecule has 0 aliphatic carbocycles. The van der Waals surface area contributed by atoms with Crippen molar-refractivity contribution in [1.29, 1.82) is 0 Å². The molecule has 3 nitrogen and oxygen atoms in total. The van der Waals surface area contributed by atoms with Gasteiger partial charge in [0.1, 0.15) is 0 Å². The molecule has 1 aliphatic heterocycles. The van der Waals surface area contributed by atoms with Crippen LogP contribution in [0.25, 0.3) is 0 Å². The third-order valence-corrected chi connectivity index (χ3v) is 5.19. The molecule has 0 bridgehead atoms. The second kappa shape index (κ2) is 5.68. The van der Waals surface area contributed by atoms with Gasteiger partial charge in [-0.05, 0) is 45.2 Å². The van der Waals surface area contributed by atoms with Crippen LogP contribution in [0.15, 0.2) is 0 Å². The molecule has 2 N–H and O–H groups in total. The second-order valence-electron chi connectivity index (χ2n) is 6.09. The summed E-state index contributed by atoms with van der Waals surface area (Å²) < 4.78 is 5.52. The molecule has 0 aromatic heterocycles. The summed E-state index contributed by atoms with van der Waals surface area (Å²) in [5.41, 5.74) is 6.50. The zero-order valence-corrected chi connectivity index (χ0v) is 12.3. The van der Waals surface area contributed by atoms with Crippen LogP contribution in [0.4, 0.5) is 0 Å². The average Bonchev–Trinajstić information content (AvgIpc) is 2.37. The fraction of sp³-hybridized carbons (Fsp3) is 1.00. The van der Waals surface area contributed by atoms with Gasteiger partial charge in [0.2, 0.25) is 0 Å². The van der Waals surface area contributed by atoms with E-state index in [1.54, 1.807) is 7.11 Å². The Morgan fingerprint density at radius 2 is 1.94 bits per heavy atom. The lowest BCUT2D eigenvalue weighted by molar-refractivity contribution is -0.0542. The van der Waals surface area contributed by atoms with Crippen LogP contribution in [0.3, 0.4) is 0 Å². The van der Waals surface area contributed by atoms with Crippen LogP contribution >= 0.6 is 0 Å². The first-order chi connectivity index (χ1) is 7.91. The highest BCUT2D eigenvalue weighted by Gasteiger charge is 2.40. The summed E-state index contributed by atoms with van der Waals surface area (Å²) in [6, 6.07) is 0. The summed E-state index contributed by atoms with van der Waals surface area (Å²) in [6.07, 6.45) is 4.00. The minimum Gasteiger partial charge on any atom is -0.380 e. The number of piperidine rings is 1. The molecule has 0 spiro atoms. The highest BCUT2D eigenvalue weighted by molar-refractivity contribution is 4.96. The number of hydrogen-bond donors (Lipinski definition) is 1. The first-order valence-corrected chi connectivity index (χ1v) is 6.90. The minimum absolute atomic E-state index is 0.0240. The number of likely N-dealkylation sites (tertiary alicyclic amines) is 1. The van der Waals surface area contributed by atoms with E-state index in [1.807, 2.05) is 0 Å². The SMILES string of the molecule is CCC1(C)CCN(C(C)(CN)C(C)OC)CC1. The Morgan fingerprint density at radius 3 is 2.29 bits per heavy atom. The fourth-order valence-electron chi connectivity index (χ4n) is 2.72. The van der Waals surface area contributed by atoms with Crippen LogP contribution in [0.5, 0.6) is 0 Å². The molecule has 102 valence electrons. The van der Waals surface area contributed by atoms with Crippen LogP contribution in [0.2, 0.25) is 0 Å². The van der Waals surface area contributed by atoms with Gasteiger partial charge in [-0.25, -0.2) is 0 Å². The highest BCUT2D eigenvalue weighted by atomic mass is 16.5. The largest absolute Gasteiger partial charge is 0.380 e. The molecule has 0 aromatic carbocycles. The number of nitrogens with zero attached hydrogens (tertiary/aromatic N) is 1. The van der Waals surface area contributed by atoms with Gasteiger partial charge in [-0.2, -0.15) is 0 Å². The van der Waals surface area contributed by atoms with E-state index in [0.717, 1.165) is 13.1 Å². The van der Waals surface area contributed by atoms with Crippen molar-refractivity contribution < 1.29 is 4.74 Å². The van der Waals surface area contributed by atoms with Crippen LogP contribution in [0.1, 0.15) is 47.0 Å². The maximum Gasteiger partial charge on any atom is 0.0736 e. The minimum atomic E-state index is -0.0240. The molecule has 1 rings (SSSR count). The van der Waals surface area contributed by atoms with E-state index >= 15 is 0 Å². The number of hydrogen-bond acceptors (Lipinski definition) is 3. The molecule has 0 aromatic rings. The van der Waals surface area contributed by atoms with Crippen molar-refractivity contribution in [3.63, 3.8) is 0 Å². The molecular weight excluding hydrogens is 212 g/mol. The molecule has 0 radical (unpaired) electrons. The first kappa shape index (κ1) is 14.9. The third-order valence-electron chi connectivity index (χ3n) is 5.19. The predicted octanol–water partition coefficient (Wildman–Crippen LogP) is 2.25. The van der Waals surface area contributed by atoms with E-state index in [0.29, 0.717) is 12.0 Å². The Kier molecular flexibility index (Phi) is 4.99. The Bertz CT molecular complexity index is 236. The van der Waals surface area contributed by atoms with Gasteiger partial charge in [0.05, 0.1) is 11.6 Å². The van der Waals surface area contributed by atoms with Crippen molar-refractivity contribution >= 4 is 0 Å². The van der Waals surface area contributed by atoms with Crippen LogP contribution in [0, 0.1) is 5.41 Å². The van der Waals surface area contributed by atoms with E-state index in [2.05, 4.69) is 32.6 Å². The molecule has 1 fully saturated rings. The molecule has 0 amide bonds. The van der Waals surface area contributed by atoms with Gasteiger partial charge >= 0.3 is 0 Å². The van der Waals surface area contributed by atoms with Gasteiger partial charge < -0.3 is 10.5 Å². The van der Waals surface area contributed by atoms with Gasteiger partial charge in [-0.3, -0.25) is 4.90 Å². The molecular formula is C14H30N2O. The van der Waals surface area contributed by atoms with Gasteiger partial charge in [0, 0.05) is 13.7 Å². The van der Waals surface area contributed by atoms with Crippen LogP contribution in [-0.2, 0) is 4.74 Å². The Hall–Kier alpha value is -0.120. The fourth-order valence-corrected chi connectivity index (χ4v) is 2.72. The zero-order chi connectivity index (χ0) is 13.1. The molecule has 0 saturated carbocycles. The van der Waals surface area contributed by atoms with Gasteiger partial charge in [0.15, 0.2) is 0 Å². The molecule has 1 saturated heterocycles. The maximum atomic E-state index is 5.99. The summed E-state index contributed by atoms with van der Waals surface area (Å²) in [7, 11) is 1.78. The Morgan fingerprint density at radius 1 is 1.41 bits per heavy atom. The normalized spacial score (nSPS) is 26.5. The Labute approximate surface area is 107 Å². The summed E-state index contributed by atoms with van der Waals surface area (Å²) in [6.45, 7) is 12.0. The standard InChI is InChI=1S/C14H30N2O/c1-6-13(3)7-9-16(10-8-13)14(4,11-15)12(2)17-5/h12H,6-11,15H2,1-5H3. The quantitative estimate of drug-likeness (QED) is 0.803. The number of rotatable bonds is 5. The molecule has 17 heavy (non-hydrogen) atoms. The topological polar surface area (TPSA) is 38.5 Å². The zero-order valence-electron chi connectivity index (χ0n) is 12.3. The highest BCUT2D eigenvalue weighted by Crippen LogP contribution is 2.37. The van der Waals surface area contributed by atoms with Crippen molar-refractivity contribution in [2.45, 2.75) is 58.6 Å². The summed E-state index contributed by atoms with van der Waals surface area (Å²) in [4.78, 5) is 2.53. The van der Waals surface area contributed by atoms with Crippen molar-refractivity contribution in [1.82, 2.24) is 4.90 Å². The third kappa shape index (κ3) is 3.01. The first-order valence-electron chi connectivity index (χ1n) is 6.90. The summed E-state index contributed by atoms with van der Waals surface area (Å²) in [5.74, 6) is 0. The molecule has 1 aliphatic rings. The van der Waals surface area contributed by atoms with E-state index in [4.69, 9.17) is 10.5 Å². The summed E-state index contributed by atoms with van der Waals surface area (Å²) >= 11 is 0. The van der Waals surface area contributed by atoms with Crippen molar-refractivity contribution in [2.75, 3.05) is 26.7 Å². The molecule has 2 atom stereocenters. The second-order valence-corrected chi connectivity index (χ2v) is 6.09. The Balaban J connectivity index is 2.68. The number of ether oxygens (including phenoxy) is 1. The summed E-state index contributed by atoms with van der Waals surface area (Å²) in [5, 5.41) is 0. The van der Waals surface area contributed by atoms with Gasteiger partial charge in [-0.1, -0.05) is 20.3 Å². The van der Waals surface area contributed by atoms with Crippen LogP contribution < -0.4 is 5.73 Å². The number of nitrogens with two attached hydrogens (primary N) is 1. The van der Waals surface area contributed by atoms with E-state index in [-0.39, 0.29) is 11.6 Å². The molecule has 2 unspecified atom stereocenters. The van der Waals surface area contributed by atoms with Crippen LogP contribution in [-0.4, -0.2) is 43.3 Å². The molecule has 3 heteroatoms. The van der Waals surface area contributed by atoms with Gasteiger partial charge in [0.25, 0.3) is 0 Å². The lowest BCUT2D eigenvalue weighted by Gasteiger charge is -2.49. The smallest absolute Gasteiger partial charge is 0.0736 e. The lowest BCUT2D eigenvalue weighted by Crippen LogP contribution is -2.61. The van der Waals surface area contributed by atoms with E-state index in [1.165, 1.54) is 19.3 Å². The average molecular weight is 242 g/mol. The predicted molar refractivity (Wildman–Crippen MR) is 73.1 cm³/mol. The van der Waals surface area contributed by atoms with Crippen molar-refractivity contribution in [3.8, 4) is 0 Å².